The first-order chi connectivity index (χ1) is 8.94. The number of carboxylic acid groups (broad SMARTS) is 1. The number of carbonyl (C=O) groups is 1. The molecule has 5 nitrogen and oxygen atoms in total. The Kier molecular flexibility index (Phi) is 3.85. The minimum Gasteiger partial charge on any atom is -0.481 e. The first-order valence-electron chi connectivity index (χ1n) is 6.69. The lowest BCUT2D eigenvalue weighted by Gasteiger charge is -2.39. The first kappa shape index (κ1) is 13.9. The summed E-state index contributed by atoms with van der Waals surface area (Å²) in [4.78, 5) is 22.2. The van der Waals surface area contributed by atoms with E-state index in [1.807, 2.05) is 13.8 Å². The van der Waals surface area contributed by atoms with Crippen LogP contribution in [-0.2, 0) is 4.79 Å². The Hall–Kier alpha value is -1.49. The molecule has 1 fully saturated rings. The van der Waals surface area contributed by atoms with Crippen molar-refractivity contribution in [1.82, 2.24) is 14.9 Å². The summed E-state index contributed by atoms with van der Waals surface area (Å²) in [6.45, 7) is 7.50. The SMILES string of the molecule is Cc1nccnc1C(C)N1CCC(C)(C(=O)O)CC1. The predicted octanol–water partition coefficient (Wildman–Crippen LogP) is 2.03. The van der Waals surface area contributed by atoms with Gasteiger partial charge >= 0.3 is 5.97 Å². The number of aromatic nitrogens is 2. The van der Waals surface area contributed by atoms with Crippen LogP contribution in [0, 0.1) is 12.3 Å². The molecule has 1 aliphatic rings. The van der Waals surface area contributed by atoms with Crippen LogP contribution in [-0.4, -0.2) is 39.0 Å². The fourth-order valence-electron chi connectivity index (χ4n) is 2.62. The van der Waals surface area contributed by atoms with Crippen molar-refractivity contribution >= 4 is 5.97 Å². The molecule has 0 bridgehead atoms. The summed E-state index contributed by atoms with van der Waals surface area (Å²) >= 11 is 0. The summed E-state index contributed by atoms with van der Waals surface area (Å²) in [5, 5.41) is 9.24. The summed E-state index contributed by atoms with van der Waals surface area (Å²) in [6, 6.07) is 0.187. The number of carboxylic acids is 1. The standard InChI is InChI=1S/C14H21N3O2/c1-10-12(16-7-6-15-10)11(2)17-8-4-14(3,5-9-17)13(18)19/h6-7,11H,4-5,8-9H2,1-3H3,(H,18,19). The number of hydrogen-bond acceptors (Lipinski definition) is 4. The summed E-state index contributed by atoms with van der Waals surface area (Å²) in [7, 11) is 0. The Labute approximate surface area is 113 Å². The van der Waals surface area contributed by atoms with Gasteiger partial charge in [0.15, 0.2) is 0 Å². The van der Waals surface area contributed by atoms with E-state index in [1.54, 1.807) is 12.4 Å². The minimum absolute atomic E-state index is 0.187. The van der Waals surface area contributed by atoms with Gasteiger partial charge in [-0.05, 0) is 46.7 Å². The molecule has 1 aliphatic heterocycles. The van der Waals surface area contributed by atoms with Crippen molar-refractivity contribution in [1.29, 1.82) is 0 Å². The van der Waals surface area contributed by atoms with Gasteiger partial charge in [-0.1, -0.05) is 0 Å². The van der Waals surface area contributed by atoms with Gasteiger partial charge < -0.3 is 5.11 Å². The molecule has 0 amide bonds. The summed E-state index contributed by atoms with van der Waals surface area (Å²) in [5.74, 6) is -0.685. The monoisotopic (exact) mass is 263 g/mol. The third-order valence-corrected chi connectivity index (χ3v) is 4.28. The molecule has 1 N–H and O–H groups in total. The van der Waals surface area contributed by atoms with E-state index in [2.05, 4.69) is 21.8 Å². The molecule has 1 unspecified atom stereocenters. The van der Waals surface area contributed by atoms with Gasteiger partial charge in [0.1, 0.15) is 0 Å². The van der Waals surface area contributed by atoms with E-state index >= 15 is 0 Å². The molecule has 0 aliphatic carbocycles. The highest BCUT2D eigenvalue weighted by Gasteiger charge is 2.38. The van der Waals surface area contributed by atoms with E-state index in [4.69, 9.17) is 0 Å². The average molecular weight is 263 g/mol. The molecule has 5 heteroatoms. The zero-order valence-electron chi connectivity index (χ0n) is 11.8. The molecule has 0 aromatic carbocycles. The van der Waals surface area contributed by atoms with Crippen molar-refractivity contribution in [2.45, 2.75) is 39.7 Å². The van der Waals surface area contributed by atoms with Crippen molar-refractivity contribution in [3.05, 3.63) is 23.8 Å². The third kappa shape index (κ3) is 2.76. The summed E-state index contributed by atoms with van der Waals surface area (Å²) < 4.78 is 0. The Balaban J connectivity index is 2.06. The van der Waals surface area contributed by atoms with Crippen molar-refractivity contribution in [3.8, 4) is 0 Å². The van der Waals surface area contributed by atoms with Gasteiger partial charge in [-0.2, -0.15) is 0 Å². The van der Waals surface area contributed by atoms with E-state index in [0.717, 1.165) is 24.5 Å². The number of hydrogen-bond donors (Lipinski definition) is 1. The van der Waals surface area contributed by atoms with Gasteiger partial charge in [-0.25, -0.2) is 0 Å². The van der Waals surface area contributed by atoms with Crippen LogP contribution < -0.4 is 0 Å². The molecule has 19 heavy (non-hydrogen) atoms. The van der Waals surface area contributed by atoms with Crippen LogP contribution in [0.3, 0.4) is 0 Å². The Morgan fingerprint density at radius 1 is 1.37 bits per heavy atom. The summed E-state index contributed by atoms with van der Waals surface area (Å²) in [6.07, 6.45) is 4.78. The minimum atomic E-state index is -0.685. The van der Waals surface area contributed by atoms with Crippen LogP contribution in [0.1, 0.15) is 44.1 Å². The van der Waals surface area contributed by atoms with Gasteiger partial charge in [0.25, 0.3) is 0 Å². The molecule has 0 saturated carbocycles. The smallest absolute Gasteiger partial charge is 0.309 e. The molecule has 2 heterocycles. The predicted molar refractivity (Wildman–Crippen MR) is 71.7 cm³/mol. The Morgan fingerprint density at radius 3 is 2.47 bits per heavy atom. The largest absolute Gasteiger partial charge is 0.481 e. The molecule has 2 rings (SSSR count). The highest BCUT2D eigenvalue weighted by molar-refractivity contribution is 5.74. The van der Waals surface area contributed by atoms with Crippen molar-refractivity contribution in [2.75, 3.05) is 13.1 Å². The second-order valence-electron chi connectivity index (χ2n) is 5.60. The molecule has 104 valence electrons. The van der Waals surface area contributed by atoms with Crippen LogP contribution in [0.4, 0.5) is 0 Å². The maximum Gasteiger partial charge on any atom is 0.309 e. The number of rotatable bonds is 3. The number of likely N-dealkylation sites (tertiary alicyclic amines) is 1. The summed E-state index contributed by atoms with van der Waals surface area (Å²) in [5.41, 5.74) is 1.36. The Bertz CT molecular complexity index is 468. The molecule has 1 atom stereocenters. The van der Waals surface area contributed by atoms with Gasteiger partial charge in [0.2, 0.25) is 0 Å². The van der Waals surface area contributed by atoms with E-state index < -0.39 is 11.4 Å². The molecule has 1 aromatic rings. The maximum atomic E-state index is 11.2. The van der Waals surface area contributed by atoms with Crippen LogP contribution in [0.2, 0.25) is 0 Å². The van der Waals surface area contributed by atoms with Crippen LogP contribution in [0.15, 0.2) is 12.4 Å². The van der Waals surface area contributed by atoms with Crippen molar-refractivity contribution in [3.63, 3.8) is 0 Å². The zero-order chi connectivity index (χ0) is 14.0. The molecule has 0 spiro atoms. The normalized spacial score (nSPS) is 21.0. The van der Waals surface area contributed by atoms with Gasteiger partial charge in [-0.15, -0.1) is 0 Å². The molecular weight excluding hydrogens is 242 g/mol. The number of aliphatic carboxylic acids is 1. The van der Waals surface area contributed by atoms with Crippen molar-refractivity contribution < 1.29 is 9.90 Å². The van der Waals surface area contributed by atoms with E-state index in [-0.39, 0.29) is 6.04 Å². The van der Waals surface area contributed by atoms with Crippen LogP contribution in [0.25, 0.3) is 0 Å². The van der Waals surface area contributed by atoms with Gasteiger partial charge in [0.05, 0.1) is 22.8 Å². The fourth-order valence-corrected chi connectivity index (χ4v) is 2.62. The van der Waals surface area contributed by atoms with Crippen LogP contribution in [0.5, 0.6) is 0 Å². The van der Waals surface area contributed by atoms with Gasteiger partial charge in [0, 0.05) is 12.4 Å². The lowest BCUT2D eigenvalue weighted by molar-refractivity contribution is -0.151. The lowest BCUT2D eigenvalue weighted by Crippen LogP contribution is -2.43. The van der Waals surface area contributed by atoms with E-state index in [1.165, 1.54) is 0 Å². The molecule has 0 radical (unpaired) electrons. The highest BCUT2D eigenvalue weighted by Crippen LogP contribution is 2.34. The molecular formula is C14H21N3O2. The number of aryl methyl sites for hydroxylation is 1. The van der Waals surface area contributed by atoms with E-state index in [0.29, 0.717) is 12.8 Å². The fraction of sp³-hybridized carbons (Fsp3) is 0.643. The molecule has 1 aromatic heterocycles. The first-order valence-corrected chi connectivity index (χ1v) is 6.69. The second-order valence-corrected chi connectivity index (χ2v) is 5.60. The highest BCUT2D eigenvalue weighted by atomic mass is 16.4. The molecule has 1 saturated heterocycles. The van der Waals surface area contributed by atoms with Crippen molar-refractivity contribution in [2.24, 2.45) is 5.41 Å². The second kappa shape index (κ2) is 5.25. The van der Waals surface area contributed by atoms with E-state index in [9.17, 15) is 9.90 Å². The maximum absolute atomic E-state index is 11.2. The third-order valence-electron chi connectivity index (χ3n) is 4.28. The zero-order valence-corrected chi connectivity index (χ0v) is 11.8. The quantitative estimate of drug-likeness (QED) is 0.904. The number of nitrogens with zero attached hydrogens (tertiary/aromatic N) is 3. The number of piperidine rings is 1. The van der Waals surface area contributed by atoms with Gasteiger partial charge in [-0.3, -0.25) is 19.7 Å². The topological polar surface area (TPSA) is 66.3 Å². The average Bonchev–Trinajstić information content (AvgIpc) is 2.39. The lowest BCUT2D eigenvalue weighted by atomic mass is 9.80. The van der Waals surface area contributed by atoms with Crippen LogP contribution >= 0.6 is 0 Å². The Morgan fingerprint density at radius 2 is 1.95 bits per heavy atom.